The molecule has 7 nitrogen and oxygen atoms in total. The van der Waals surface area contributed by atoms with Crippen molar-refractivity contribution in [2.24, 2.45) is 0 Å². The topological polar surface area (TPSA) is 101 Å². The van der Waals surface area contributed by atoms with Crippen molar-refractivity contribution in [2.45, 2.75) is 54.6 Å². The Morgan fingerprint density at radius 1 is 1.17 bits per heavy atom. The number of carbonyl (C=O) groups excluding carboxylic acids is 2. The van der Waals surface area contributed by atoms with Crippen LogP contribution in [0.25, 0.3) is 0 Å². The Morgan fingerprint density at radius 3 is 2.48 bits per heavy atom. The lowest BCUT2D eigenvalue weighted by Crippen LogP contribution is -2.60. The Morgan fingerprint density at radius 2 is 1.86 bits per heavy atom. The van der Waals surface area contributed by atoms with Crippen LogP contribution in [0.1, 0.15) is 26.7 Å². The maximum atomic E-state index is 13.4. The highest BCUT2D eigenvalue weighted by Crippen LogP contribution is 2.40. The highest BCUT2D eigenvalue weighted by atomic mass is 32.2. The number of sulfone groups is 1. The van der Waals surface area contributed by atoms with Crippen LogP contribution in [-0.4, -0.2) is 59.7 Å². The molecule has 3 atom stereocenters. The van der Waals surface area contributed by atoms with Crippen LogP contribution in [0.4, 0.5) is 0 Å². The Balaban J connectivity index is 1.80. The molecule has 2 heterocycles. The highest BCUT2D eigenvalue weighted by molar-refractivity contribution is 7.93. The zero-order valence-electron chi connectivity index (χ0n) is 16.2. The van der Waals surface area contributed by atoms with Crippen molar-refractivity contribution in [1.29, 1.82) is 0 Å². The summed E-state index contributed by atoms with van der Waals surface area (Å²) in [5.41, 5.74) is -0.985. The number of aliphatic hydroxyl groups is 1. The van der Waals surface area contributed by atoms with Gasteiger partial charge in [-0.25, -0.2) is 8.42 Å². The molecule has 1 amide bonds. The number of carbonyl (C=O) groups is 2. The van der Waals surface area contributed by atoms with E-state index >= 15 is 0 Å². The summed E-state index contributed by atoms with van der Waals surface area (Å²) in [4.78, 5) is 27.3. The van der Waals surface area contributed by atoms with Crippen LogP contribution in [0.3, 0.4) is 0 Å². The molecule has 1 saturated heterocycles. The van der Waals surface area contributed by atoms with Gasteiger partial charge in [0.15, 0.2) is 15.6 Å². The van der Waals surface area contributed by atoms with Crippen LogP contribution in [0.2, 0.25) is 0 Å². The maximum Gasteiger partial charge on any atom is 0.223 e. The molecule has 4 rings (SSSR count). The molecule has 0 bridgehead atoms. The number of Topliss-reactive ketones (excluding diaryl/α,β-unsaturated/α-hetero) is 1. The quantitative estimate of drug-likeness (QED) is 0.798. The van der Waals surface area contributed by atoms with E-state index in [0.29, 0.717) is 19.4 Å². The third kappa shape index (κ3) is 3.11. The molecule has 1 unspecified atom stereocenters. The number of nitrogens with zero attached hydrogens (tertiary/aromatic N) is 1. The summed E-state index contributed by atoms with van der Waals surface area (Å²) < 4.78 is 32.0. The first-order valence-corrected chi connectivity index (χ1v) is 11.1. The molecule has 8 heteroatoms. The summed E-state index contributed by atoms with van der Waals surface area (Å²) in [6, 6.07) is 6.83. The summed E-state index contributed by atoms with van der Waals surface area (Å²) in [6.45, 7) is 3.76. The number of benzene rings is 1. The van der Waals surface area contributed by atoms with E-state index in [0.717, 1.165) is 0 Å². The fourth-order valence-corrected chi connectivity index (χ4v) is 5.70. The summed E-state index contributed by atoms with van der Waals surface area (Å²) in [7, 11) is -3.98. The second kappa shape index (κ2) is 6.81. The van der Waals surface area contributed by atoms with Gasteiger partial charge in [-0.3, -0.25) is 9.59 Å². The van der Waals surface area contributed by atoms with Crippen molar-refractivity contribution in [3.8, 4) is 0 Å². The Kier molecular flexibility index (Phi) is 4.66. The predicted octanol–water partition coefficient (Wildman–Crippen LogP) is 1.38. The minimum atomic E-state index is -3.98. The minimum Gasteiger partial charge on any atom is -0.485 e. The molecule has 154 valence electrons. The highest BCUT2D eigenvalue weighted by Gasteiger charge is 2.53. The van der Waals surface area contributed by atoms with Gasteiger partial charge in [0, 0.05) is 13.0 Å². The van der Waals surface area contributed by atoms with Crippen LogP contribution in [-0.2, 0) is 24.2 Å². The van der Waals surface area contributed by atoms with Crippen molar-refractivity contribution in [2.75, 3.05) is 6.54 Å². The second-order valence-corrected chi connectivity index (χ2v) is 10.1. The normalized spacial score (nSPS) is 29.1. The second-order valence-electron chi connectivity index (χ2n) is 8.07. The molecular formula is C21H23NO6S. The number of likely N-dealkylation sites (tertiary alicyclic amines) is 1. The Hall–Kier alpha value is -2.45. The molecule has 1 N–H and O–H groups in total. The largest absolute Gasteiger partial charge is 0.485 e. The number of hydrogen-bond donors (Lipinski definition) is 1. The molecule has 0 radical (unpaired) electrons. The molecule has 29 heavy (non-hydrogen) atoms. The molecule has 1 aliphatic carbocycles. The lowest BCUT2D eigenvalue weighted by Gasteiger charge is -2.46. The van der Waals surface area contributed by atoms with Crippen LogP contribution in [0, 0.1) is 0 Å². The van der Waals surface area contributed by atoms with Crippen molar-refractivity contribution < 1.29 is 27.9 Å². The van der Waals surface area contributed by atoms with Crippen molar-refractivity contribution in [3.63, 3.8) is 0 Å². The van der Waals surface area contributed by atoms with Gasteiger partial charge in [-0.1, -0.05) is 24.3 Å². The maximum absolute atomic E-state index is 13.4. The van der Waals surface area contributed by atoms with Crippen LogP contribution >= 0.6 is 0 Å². The molecule has 3 aliphatic rings. The summed E-state index contributed by atoms with van der Waals surface area (Å²) in [6.07, 6.45) is 2.59. The van der Waals surface area contributed by atoms with Gasteiger partial charge in [0.1, 0.15) is 22.7 Å². The van der Waals surface area contributed by atoms with Gasteiger partial charge in [0.25, 0.3) is 0 Å². The zero-order chi connectivity index (χ0) is 21.0. The van der Waals surface area contributed by atoms with Crippen molar-refractivity contribution in [3.05, 3.63) is 53.8 Å². The van der Waals surface area contributed by atoms with E-state index in [1.165, 1.54) is 29.2 Å². The van der Waals surface area contributed by atoms with Gasteiger partial charge in [-0.2, -0.15) is 0 Å². The molecule has 0 saturated carbocycles. The van der Waals surface area contributed by atoms with Gasteiger partial charge in [-0.15, -0.1) is 0 Å². The number of hydrogen-bond acceptors (Lipinski definition) is 6. The van der Waals surface area contributed by atoms with Crippen LogP contribution in [0.15, 0.2) is 58.7 Å². The number of amides is 1. The molecule has 0 aromatic heterocycles. The third-order valence-corrected chi connectivity index (χ3v) is 7.71. The zero-order valence-corrected chi connectivity index (χ0v) is 17.1. The first-order valence-electron chi connectivity index (χ1n) is 9.56. The third-order valence-electron chi connectivity index (χ3n) is 5.74. The van der Waals surface area contributed by atoms with E-state index < -0.39 is 38.6 Å². The van der Waals surface area contributed by atoms with E-state index in [1.807, 2.05) is 0 Å². The first-order chi connectivity index (χ1) is 13.6. The summed E-state index contributed by atoms with van der Waals surface area (Å²) in [5, 5.41) is 9.53. The molecule has 1 aromatic carbocycles. The predicted molar refractivity (Wildman–Crippen MR) is 104 cm³/mol. The minimum absolute atomic E-state index is 0.0402. The van der Waals surface area contributed by atoms with Gasteiger partial charge < -0.3 is 14.7 Å². The SMILES string of the molecule is CC1(C)OC2=C(C(=O)C(S(=O)(=O)c3ccccc3)C=C2)[C@H](N2CCCC2=O)[C@H]1O. The van der Waals surface area contributed by atoms with E-state index in [2.05, 4.69) is 0 Å². The summed E-state index contributed by atoms with van der Waals surface area (Å²) >= 11 is 0. The standard InChI is InChI=1S/C21H23NO6S/c1-21(2)20(25)18(22-12-6-9-16(22)23)17-14(28-21)10-11-15(19(17)24)29(26,27)13-7-4-3-5-8-13/h3-5,7-8,10-11,15,18,20,25H,6,9,12H2,1-2H3/t15?,18-,20+/m0/s1. The average Bonchev–Trinajstić information content (AvgIpc) is 3.09. The van der Waals surface area contributed by atoms with Crippen LogP contribution in [0.5, 0.6) is 0 Å². The number of ether oxygens (including phenoxy) is 1. The molecule has 1 fully saturated rings. The molecule has 0 spiro atoms. The molecule has 1 aromatic rings. The Labute approximate surface area is 169 Å². The van der Waals surface area contributed by atoms with Crippen molar-refractivity contribution >= 4 is 21.5 Å². The van der Waals surface area contributed by atoms with E-state index in [4.69, 9.17) is 4.74 Å². The molecular weight excluding hydrogens is 394 g/mol. The van der Waals surface area contributed by atoms with Crippen LogP contribution < -0.4 is 0 Å². The van der Waals surface area contributed by atoms with Gasteiger partial charge in [0.05, 0.1) is 16.5 Å². The number of aliphatic hydroxyl groups excluding tert-OH is 1. The lowest BCUT2D eigenvalue weighted by molar-refractivity contribution is -0.143. The van der Waals surface area contributed by atoms with Gasteiger partial charge in [0.2, 0.25) is 5.91 Å². The monoisotopic (exact) mass is 417 g/mol. The summed E-state index contributed by atoms with van der Waals surface area (Å²) in [5.74, 6) is -0.608. The fourth-order valence-electron chi connectivity index (χ4n) is 4.18. The smallest absolute Gasteiger partial charge is 0.223 e. The van der Waals surface area contributed by atoms with E-state index in [9.17, 15) is 23.1 Å². The molecule has 2 aliphatic heterocycles. The number of allylic oxidation sites excluding steroid dienone is 1. The van der Waals surface area contributed by atoms with E-state index in [-0.39, 0.29) is 22.1 Å². The van der Waals surface area contributed by atoms with Crippen molar-refractivity contribution in [1.82, 2.24) is 4.90 Å². The first kappa shape index (κ1) is 19.8. The Bertz CT molecular complexity index is 1020. The van der Waals surface area contributed by atoms with E-state index in [1.54, 1.807) is 32.0 Å². The average molecular weight is 417 g/mol. The van der Waals surface area contributed by atoms with Gasteiger partial charge >= 0.3 is 0 Å². The van der Waals surface area contributed by atoms with Gasteiger partial charge in [-0.05, 0) is 38.5 Å². The fraction of sp³-hybridized carbons (Fsp3) is 0.429. The number of ketones is 1. The lowest BCUT2D eigenvalue weighted by atomic mass is 9.81. The number of rotatable bonds is 3.